The summed E-state index contributed by atoms with van der Waals surface area (Å²) in [5.41, 5.74) is 0. The van der Waals surface area contributed by atoms with Crippen LogP contribution in [0.25, 0.3) is 0 Å². The third kappa shape index (κ3) is 72.2. The molecule has 0 saturated carbocycles. The molecule has 0 aromatic heterocycles. The van der Waals surface area contributed by atoms with Gasteiger partial charge in [-0.05, 0) is 103 Å². The van der Waals surface area contributed by atoms with Crippen molar-refractivity contribution in [2.75, 3.05) is 40.9 Å². The number of likely N-dealkylation sites (N-methyl/N-ethyl adjacent to an activating group) is 1. The number of rotatable bonds is 68. The molecule has 0 heterocycles. The number of unbranched alkanes of at least 4 members (excludes halogenated alkanes) is 37. The van der Waals surface area contributed by atoms with Crippen LogP contribution in [0.3, 0.4) is 0 Å². The molecule has 9 heteroatoms. The molecular weight excluding hydrogens is 1120 g/mol. The maximum atomic E-state index is 13.1. The van der Waals surface area contributed by atoms with Gasteiger partial charge in [0.25, 0.3) is 7.82 Å². The van der Waals surface area contributed by atoms with E-state index in [0.717, 1.165) is 89.9 Å². The standard InChI is InChI=1S/C80H143N2O6P/c1-6-8-10-12-14-16-18-20-22-24-26-28-30-32-34-36-38-39-40-41-42-43-44-46-48-50-52-54-56-58-60-62-64-66-68-70-72-74-80(84)81-78(77-88-89(85,86)87-76-75-82(3,4)5)79(83)73-71-69-67-65-63-61-59-57-55-53-51-49-47-45-37-35-33-31-29-27-25-23-21-19-17-15-13-11-9-7-2/h8,10,14,16,20,22,26,28,32,34,38-39,41-42,55,57,63,65,71,73,78-79,83H,6-7,9,11-13,15,17-19,21,23-25,27,29-31,33,35-37,40,43-54,56,58-62,64,66-70,72,74-77H2,1-5H3,(H-,81,84,85,86)/b10-8-,16-14-,22-20-,28-26-,34-32-,39-38-,42-41-,57-55+,65-63+,73-71+. The van der Waals surface area contributed by atoms with E-state index in [9.17, 15) is 19.4 Å². The molecule has 0 aliphatic rings. The Balaban J connectivity index is 4.10. The molecule has 3 unspecified atom stereocenters. The monoisotopic (exact) mass is 1260 g/mol. The predicted molar refractivity (Wildman–Crippen MR) is 389 cm³/mol. The lowest BCUT2D eigenvalue weighted by atomic mass is 10.0. The highest BCUT2D eigenvalue weighted by Crippen LogP contribution is 2.38. The fourth-order valence-electron chi connectivity index (χ4n) is 10.6. The number of nitrogens with one attached hydrogen (secondary N) is 1. The van der Waals surface area contributed by atoms with Gasteiger partial charge in [0.2, 0.25) is 5.91 Å². The Labute approximate surface area is 552 Å². The number of allylic oxidation sites excluding steroid dienone is 19. The first-order valence-electron chi connectivity index (χ1n) is 37.4. The first kappa shape index (κ1) is 85.9. The summed E-state index contributed by atoms with van der Waals surface area (Å²) in [7, 11) is 1.23. The van der Waals surface area contributed by atoms with Gasteiger partial charge in [0, 0.05) is 6.42 Å². The second-order valence-electron chi connectivity index (χ2n) is 26.3. The average molecular weight is 1260 g/mol. The van der Waals surface area contributed by atoms with Gasteiger partial charge in [-0.25, -0.2) is 0 Å². The molecule has 0 spiro atoms. The van der Waals surface area contributed by atoms with Crippen molar-refractivity contribution in [3.63, 3.8) is 0 Å². The van der Waals surface area contributed by atoms with Gasteiger partial charge in [-0.15, -0.1) is 0 Å². The molecule has 0 aromatic carbocycles. The van der Waals surface area contributed by atoms with E-state index in [1.54, 1.807) is 6.08 Å². The third-order valence-corrected chi connectivity index (χ3v) is 17.3. The molecule has 8 nitrogen and oxygen atoms in total. The van der Waals surface area contributed by atoms with E-state index in [-0.39, 0.29) is 12.5 Å². The van der Waals surface area contributed by atoms with E-state index in [1.807, 2.05) is 27.2 Å². The molecule has 0 aliphatic carbocycles. The van der Waals surface area contributed by atoms with Gasteiger partial charge in [-0.1, -0.05) is 341 Å². The van der Waals surface area contributed by atoms with Gasteiger partial charge in [0.1, 0.15) is 13.2 Å². The molecule has 0 aliphatic heterocycles. The number of nitrogens with zero attached hydrogens (tertiary/aromatic N) is 1. The molecule has 3 atom stereocenters. The molecule has 0 radical (unpaired) electrons. The summed E-state index contributed by atoms with van der Waals surface area (Å²) in [4.78, 5) is 25.7. The van der Waals surface area contributed by atoms with Crippen LogP contribution in [-0.4, -0.2) is 68.5 Å². The van der Waals surface area contributed by atoms with Gasteiger partial charge in [0.15, 0.2) is 0 Å². The molecule has 514 valence electrons. The summed E-state index contributed by atoms with van der Waals surface area (Å²) >= 11 is 0. The van der Waals surface area contributed by atoms with Crippen molar-refractivity contribution >= 4 is 13.7 Å². The Morgan fingerprint density at radius 2 is 0.697 bits per heavy atom. The quantitative estimate of drug-likeness (QED) is 0.0272. The zero-order valence-electron chi connectivity index (χ0n) is 58.9. The smallest absolute Gasteiger partial charge is 0.268 e. The first-order valence-corrected chi connectivity index (χ1v) is 38.9. The largest absolute Gasteiger partial charge is 0.756 e. The normalized spacial score (nSPS) is 14.3. The van der Waals surface area contributed by atoms with E-state index in [1.165, 1.54) is 218 Å². The summed E-state index contributed by atoms with van der Waals surface area (Å²) in [6.07, 6.45) is 103. The molecule has 1 amide bonds. The van der Waals surface area contributed by atoms with Crippen LogP contribution in [0.5, 0.6) is 0 Å². The lowest BCUT2D eigenvalue weighted by molar-refractivity contribution is -0.870. The topological polar surface area (TPSA) is 108 Å². The second kappa shape index (κ2) is 69.2. The summed E-state index contributed by atoms with van der Waals surface area (Å²) in [5.74, 6) is -0.212. The van der Waals surface area contributed by atoms with Gasteiger partial charge in [0.05, 0.1) is 39.9 Å². The van der Waals surface area contributed by atoms with Crippen LogP contribution < -0.4 is 10.2 Å². The second-order valence-corrected chi connectivity index (χ2v) is 27.7. The predicted octanol–water partition coefficient (Wildman–Crippen LogP) is 23.8. The van der Waals surface area contributed by atoms with Gasteiger partial charge in [-0.2, -0.15) is 0 Å². The number of carbonyl (C=O) groups is 1. The zero-order valence-corrected chi connectivity index (χ0v) is 59.7. The number of hydrogen-bond donors (Lipinski definition) is 2. The zero-order chi connectivity index (χ0) is 64.8. The maximum Gasteiger partial charge on any atom is 0.268 e. The van der Waals surface area contributed by atoms with Gasteiger partial charge >= 0.3 is 0 Å². The van der Waals surface area contributed by atoms with Crippen molar-refractivity contribution in [3.05, 3.63) is 122 Å². The summed E-state index contributed by atoms with van der Waals surface area (Å²) in [5, 5.41) is 14.0. The van der Waals surface area contributed by atoms with E-state index >= 15 is 0 Å². The Hall–Kier alpha value is -3.10. The van der Waals surface area contributed by atoms with Gasteiger partial charge < -0.3 is 28.8 Å². The Bertz CT molecular complexity index is 1870. The molecular formula is C80H143N2O6P. The highest BCUT2D eigenvalue weighted by molar-refractivity contribution is 7.45. The van der Waals surface area contributed by atoms with Crippen LogP contribution in [0.4, 0.5) is 0 Å². The first-order chi connectivity index (χ1) is 43.5. The van der Waals surface area contributed by atoms with Crippen LogP contribution >= 0.6 is 7.82 Å². The van der Waals surface area contributed by atoms with Crippen molar-refractivity contribution in [2.45, 2.75) is 341 Å². The number of carbonyl (C=O) groups excluding carboxylic acids is 1. The number of hydrogen-bond acceptors (Lipinski definition) is 6. The van der Waals surface area contributed by atoms with E-state index in [2.05, 4.69) is 129 Å². The highest BCUT2D eigenvalue weighted by Gasteiger charge is 2.23. The Kier molecular flexibility index (Phi) is 66.8. The van der Waals surface area contributed by atoms with Crippen LogP contribution in [0, 0.1) is 0 Å². The van der Waals surface area contributed by atoms with Crippen molar-refractivity contribution in [3.8, 4) is 0 Å². The average Bonchev–Trinajstić information content (AvgIpc) is 3.57. The minimum Gasteiger partial charge on any atom is -0.756 e. The van der Waals surface area contributed by atoms with Crippen molar-refractivity contribution in [2.24, 2.45) is 0 Å². The summed E-state index contributed by atoms with van der Waals surface area (Å²) in [6.45, 7) is 4.53. The highest BCUT2D eigenvalue weighted by atomic mass is 31.2. The third-order valence-electron chi connectivity index (χ3n) is 16.4. The Morgan fingerprint density at radius 1 is 0.404 bits per heavy atom. The molecule has 0 aromatic rings. The minimum atomic E-state index is -4.62. The lowest BCUT2D eigenvalue weighted by Crippen LogP contribution is -2.45. The number of aliphatic hydroxyl groups is 1. The van der Waals surface area contributed by atoms with Crippen LogP contribution in [0.2, 0.25) is 0 Å². The number of phosphoric ester groups is 1. The lowest BCUT2D eigenvalue weighted by Gasteiger charge is -2.29. The summed E-state index contributed by atoms with van der Waals surface area (Å²) < 4.78 is 23.5. The van der Waals surface area contributed by atoms with Crippen molar-refractivity contribution in [1.29, 1.82) is 0 Å². The number of amides is 1. The fraction of sp³-hybridized carbons (Fsp3) is 0.738. The molecule has 0 rings (SSSR count). The molecule has 89 heavy (non-hydrogen) atoms. The number of aliphatic hydroxyl groups excluding tert-OH is 1. The van der Waals surface area contributed by atoms with Gasteiger partial charge in [-0.3, -0.25) is 9.36 Å². The minimum absolute atomic E-state index is 0.0130. The Morgan fingerprint density at radius 3 is 1.04 bits per heavy atom. The van der Waals surface area contributed by atoms with E-state index in [0.29, 0.717) is 17.4 Å². The maximum absolute atomic E-state index is 13.1. The van der Waals surface area contributed by atoms with E-state index in [4.69, 9.17) is 9.05 Å². The van der Waals surface area contributed by atoms with E-state index < -0.39 is 26.6 Å². The van der Waals surface area contributed by atoms with Crippen molar-refractivity contribution in [1.82, 2.24) is 5.32 Å². The summed E-state index contributed by atoms with van der Waals surface area (Å²) in [6, 6.07) is -0.919. The van der Waals surface area contributed by atoms with Crippen LogP contribution in [-0.2, 0) is 18.4 Å². The molecule has 0 bridgehead atoms. The van der Waals surface area contributed by atoms with Crippen molar-refractivity contribution < 1.29 is 32.9 Å². The molecule has 0 fully saturated rings. The number of phosphoric acid groups is 1. The fourth-order valence-corrected chi connectivity index (χ4v) is 11.4. The van der Waals surface area contributed by atoms with Crippen LogP contribution in [0.15, 0.2) is 122 Å². The SMILES string of the molecule is CC/C=C\C/C=C\C/C=C\C/C=C\C/C=C\C/C=C\C/C=C\CCCCCCCCCCCCCCCCCC(=O)NC(COP(=O)([O-])OCC[N+](C)(C)C)C(O)/C=C/CC/C=C/CC/C=C/CCCCCCCCCCCCCCCCCCCCCC. The molecule has 0 saturated heterocycles. The molecule has 2 N–H and O–H groups in total. The number of quaternary nitrogens is 1. The van der Waals surface area contributed by atoms with Crippen LogP contribution in [0.1, 0.15) is 328 Å².